The van der Waals surface area contributed by atoms with Gasteiger partial charge in [0.25, 0.3) is 0 Å². The third kappa shape index (κ3) is 5.90. The summed E-state index contributed by atoms with van der Waals surface area (Å²) < 4.78 is 6.26. The van der Waals surface area contributed by atoms with Crippen LogP contribution < -0.4 is 5.32 Å². The third-order valence-electron chi connectivity index (χ3n) is 11.4. The van der Waals surface area contributed by atoms with Crippen molar-refractivity contribution < 1.29 is 14.6 Å². The number of allylic oxidation sites excluding steroid dienone is 1. The molecule has 3 saturated carbocycles. The molecule has 4 aliphatic carbocycles. The fourth-order valence-corrected chi connectivity index (χ4v) is 9.44. The normalized spacial score (nSPS) is 38.7. The van der Waals surface area contributed by atoms with E-state index in [1.807, 2.05) is 0 Å². The standard InChI is InChI=1S/C32H55NO3/c1-22(2)8-6-9-23(3)27-12-13-28-26-11-10-24-20-25(36-19-7-18-33-21-30(34)35)14-16-31(24,4)29(26)15-17-32(27,28)5/h10,22-23,25-29,33H,6-9,11-21H2,1-5H3,(H,34,35)/t23-,25+,26?,27?,28?,29?,31+,32-/m1/s1. The maximum Gasteiger partial charge on any atom is 0.317 e. The van der Waals surface area contributed by atoms with E-state index >= 15 is 0 Å². The van der Waals surface area contributed by atoms with Gasteiger partial charge < -0.3 is 15.2 Å². The number of fused-ring (bicyclic) bond motifs is 5. The Hall–Kier alpha value is -0.870. The fourth-order valence-electron chi connectivity index (χ4n) is 9.44. The first-order valence-corrected chi connectivity index (χ1v) is 15.4. The van der Waals surface area contributed by atoms with Gasteiger partial charge in [0.05, 0.1) is 12.6 Å². The Morgan fingerprint density at radius 1 is 1.08 bits per heavy atom. The second kappa shape index (κ2) is 11.9. The van der Waals surface area contributed by atoms with E-state index in [0.717, 1.165) is 55.0 Å². The highest BCUT2D eigenvalue weighted by atomic mass is 16.5. The van der Waals surface area contributed by atoms with Crippen molar-refractivity contribution in [3.05, 3.63) is 11.6 Å². The van der Waals surface area contributed by atoms with E-state index in [4.69, 9.17) is 9.84 Å². The van der Waals surface area contributed by atoms with Crippen LogP contribution in [0.3, 0.4) is 0 Å². The molecular weight excluding hydrogens is 446 g/mol. The van der Waals surface area contributed by atoms with Gasteiger partial charge in [-0.3, -0.25) is 4.79 Å². The molecule has 0 heterocycles. The summed E-state index contributed by atoms with van der Waals surface area (Å²) in [7, 11) is 0. The minimum atomic E-state index is -0.794. The molecule has 0 spiro atoms. The Morgan fingerprint density at radius 2 is 1.89 bits per heavy atom. The van der Waals surface area contributed by atoms with E-state index in [1.165, 1.54) is 64.2 Å². The second-order valence-corrected chi connectivity index (χ2v) is 13.9. The van der Waals surface area contributed by atoms with Crippen molar-refractivity contribution in [2.45, 2.75) is 118 Å². The first-order chi connectivity index (χ1) is 17.1. The van der Waals surface area contributed by atoms with Crippen LogP contribution in [0.25, 0.3) is 0 Å². The molecule has 4 rings (SSSR count). The molecule has 0 aromatic heterocycles. The molecule has 4 nitrogen and oxygen atoms in total. The average molecular weight is 502 g/mol. The number of aliphatic carboxylic acids is 1. The van der Waals surface area contributed by atoms with Crippen LogP contribution in [0, 0.1) is 46.3 Å². The van der Waals surface area contributed by atoms with Gasteiger partial charge in [0.2, 0.25) is 0 Å². The predicted molar refractivity (Wildman–Crippen MR) is 148 cm³/mol. The molecule has 0 aromatic carbocycles. The summed E-state index contributed by atoms with van der Waals surface area (Å²) in [6.07, 6.45) is 18.8. The molecule has 0 saturated heterocycles. The lowest BCUT2D eigenvalue weighted by Gasteiger charge is -2.58. The second-order valence-electron chi connectivity index (χ2n) is 13.9. The molecule has 0 amide bonds. The minimum absolute atomic E-state index is 0.0368. The van der Waals surface area contributed by atoms with Gasteiger partial charge in [0.15, 0.2) is 0 Å². The molecule has 8 atom stereocenters. The lowest BCUT2D eigenvalue weighted by atomic mass is 9.47. The van der Waals surface area contributed by atoms with Crippen molar-refractivity contribution >= 4 is 5.97 Å². The number of nitrogens with one attached hydrogen (secondary N) is 1. The Kier molecular flexibility index (Phi) is 9.30. The van der Waals surface area contributed by atoms with Crippen molar-refractivity contribution in [2.24, 2.45) is 46.3 Å². The fraction of sp³-hybridized carbons (Fsp3) is 0.906. The van der Waals surface area contributed by atoms with Crippen LogP contribution in [0.5, 0.6) is 0 Å². The van der Waals surface area contributed by atoms with Crippen LogP contribution in [0.4, 0.5) is 0 Å². The molecule has 4 unspecified atom stereocenters. The number of hydrogen-bond acceptors (Lipinski definition) is 3. The van der Waals surface area contributed by atoms with Gasteiger partial charge in [-0.2, -0.15) is 0 Å². The molecule has 0 radical (unpaired) electrons. The van der Waals surface area contributed by atoms with E-state index in [9.17, 15) is 4.79 Å². The van der Waals surface area contributed by atoms with Crippen molar-refractivity contribution in [1.82, 2.24) is 5.32 Å². The number of hydrogen-bond donors (Lipinski definition) is 2. The van der Waals surface area contributed by atoms with Crippen LogP contribution >= 0.6 is 0 Å². The van der Waals surface area contributed by atoms with Crippen molar-refractivity contribution in [2.75, 3.05) is 19.7 Å². The summed E-state index contributed by atoms with van der Waals surface area (Å²) >= 11 is 0. The zero-order valence-electron chi connectivity index (χ0n) is 24.0. The van der Waals surface area contributed by atoms with Crippen molar-refractivity contribution in [1.29, 1.82) is 0 Å². The lowest BCUT2D eigenvalue weighted by Crippen LogP contribution is -2.51. The Bertz CT molecular complexity index is 777. The largest absolute Gasteiger partial charge is 0.480 e. The van der Waals surface area contributed by atoms with Crippen molar-refractivity contribution in [3.8, 4) is 0 Å². The molecule has 206 valence electrons. The van der Waals surface area contributed by atoms with Gasteiger partial charge in [-0.05, 0) is 111 Å². The molecule has 4 aliphatic rings. The average Bonchev–Trinajstić information content (AvgIpc) is 3.18. The van der Waals surface area contributed by atoms with Crippen molar-refractivity contribution in [3.63, 3.8) is 0 Å². The first-order valence-electron chi connectivity index (χ1n) is 15.4. The van der Waals surface area contributed by atoms with Crippen LogP contribution in [0.1, 0.15) is 112 Å². The van der Waals surface area contributed by atoms with Gasteiger partial charge in [-0.1, -0.05) is 65.5 Å². The van der Waals surface area contributed by atoms with Gasteiger partial charge in [0, 0.05) is 6.61 Å². The Morgan fingerprint density at radius 3 is 2.64 bits per heavy atom. The molecule has 4 heteroatoms. The predicted octanol–water partition coefficient (Wildman–Crippen LogP) is 7.48. The Balaban J connectivity index is 1.33. The summed E-state index contributed by atoms with van der Waals surface area (Å²) in [5, 5.41) is 11.7. The number of ether oxygens (including phenoxy) is 1. The summed E-state index contributed by atoms with van der Waals surface area (Å²) in [6.45, 7) is 14.1. The topological polar surface area (TPSA) is 58.6 Å². The van der Waals surface area contributed by atoms with E-state index in [1.54, 1.807) is 5.57 Å². The molecule has 2 N–H and O–H groups in total. The molecule has 3 fully saturated rings. The number of carboxylic acids is 1. The van der Waals surface area contributed by atoms with E-state index < -0.39 is 5.97 Å². The molecule has 0 bridgehead atoms. The van der Waals surface area contributed by atoms with Crippen LogP contribution in [-0.4, -0.2) is 36.9 Å². The summed E-state index contributed by atoms with van der Waals surface area (Å²) in [5.74, 6) is 4.54. The number of carboxylic acid groups (broad SMARTS) is 1. The number of carbonyl (C=O) groups is 1. The van der Waals surface area contributed by atoms with E-state index in [2.05, 4.69) is 46.0 Å². The molecular formula is C32H55NO3. The summed E-state index contributed by atoms with van der Waals surface area (Å²) in [4.78, 5) is 10.6. The minimum Gasteiger partial charge on any atom is -0.480 e. The lowest BCUT2D eigenvalue weighted by molar-refractivity contribution is -0.135. The van der Waals surface area contributed by atoms with E-state index in [-0.39, 0.29) is 6.54 Å². The summed E-state index contributed by atoms with van der Waals surface area (Å²) in [6, 6.07) is 0. The highest BCUT2D eigenvalue weighted by Gasteiger charge is 2.59. The molecule has 0 aromatic rings. The maximum absolute atomic E-state index is 10.6. The van der Waals surface area contributed by atoms with E-state index in [0.29, 0.717) is 23.5 Å². The Labute approximate surface area is 221 Å². The quantitative estimate of drug-likeness (QED) is 0.215. The monoisotopic (exact) mass is 501 g/mol. The number of rotatable bonds is 12. The maximum atomic E-state index is 10.6. The molecule has 0 aliphatic heterocycles. The zero-order valence-corrected chi connectivity index (χ0v) is 24.0. The van der Waals surface area contributed by atoms with Gasteiger partial charge in [0.1, 0.15) is 0 Å². The third-order valence-corrected chi connectivity index (χ3v) is 11.4. The molecule has 36 heavy (non-hydrogen) atoms. The smallest absolute Gasteiger partial charge is 0.317 e. The highest BCUT2D eigenvalue weighted by molar-refractivity contribution is 5.68. The van der Waals surface area contributed by atoms with Crippen LogP contribution in [0.2, 0.25) is 0 Å². The van der Waals surface area contributed by atoms with Gasteiger partial charge >= 0.3 is 5.97 Å². The summed E-state index contributed by atoms with van der Waals surface area (Å²) in [5.41, 5.74) is 2.65. The zero-order chi connectivity index (χ0) is 25.9. The van der Waals surface area contributed by atoms with Crippen LogP contribution in [-0.2, 0) is 9.53 Å². The van der Waals surface area contributed by atoms with Gasteiger partial charge in [-0.15, -0.1) is 0 Å². The first kappa shape index (κ1) is 28.1. The highest BCUT2D eigenvalue weighted by Crippen LogP contribution is 2.67. The SMILES string of the molecule is CC(C)CCC[C@@H](C)C1CCC2C3CC=C4C[C@@H](OCCCNCC(=O)O)CC[C@]4(C)C3CC[C@@]21C. The van der Waals surface area contributed by atoms with Gasteiger partial charge in [-0.25, -0.2) is 0 Å². The van der Waals surface area contributed by atoms with Crippen LogP contribution in [0.15, 0.2) is 11.6 Å².